The Morgan fingerprint density at radius 2 is 2.06 bits per heavy atom. The Labute approximate surface area is 102 Å². The highest BCUT2D eigenvalue weighted by atomic mass is 16.6. The number of rotatable bonds is 2. The van der Waals surface area contributed by atoms with Crippen molar-refractivity contribution in [3.05, 3.63) is 35.4 Å². The first-order valence-electron chi connectivity index (χ1n) is 6.41. The summed E-state index contributed by atoms with van der Waals surface area (Å²) in [6.45, 7) is 1.45. The predicted octanol–water partition coefficient (Wildman–Crippen LogP) is 1.81. The lowest BCUT2D eigenvalue weighted by Gasteiger charge is -2.32. The lowest BCUT2D eigenvalue weighted by molar-refractivity contribution is -0.160. The number of nitrogens with two attached hydrogens (primary N) is 1. The molecular formula is C14H19NO2. The van der Waals surface area contributed by atoms with E-state index in [0.717, 1.165) is 32.5 Å². The lowest BCUT2D eigenvalue weighted by Crippen LogP contribution is -2.42. The molecule has 3 heteroatoms. The van der Waals surface area contributed by atoms with Crippen LogP contribution in [0.1, 0.15) is 30.0 Å². The average molecular weight is 233 g/mol. The van der Waals surface area contributed by atoms with Crippen LogP contribution in [0.4, 0.5) is 0 Å². The fourth-order valence-electron chi connectivity index (χ4n) is 2.65. The van der Waals surface area contributed by atoms with Gasteiger partial charge in [0, 0.05) is 0 Å². The number of fused-ring (bicyclic) bond motifs is 1. The molecule has 1 aromatic carbocycles. The first-order valence-corrected chi connectivity index (χ1v) is 6.41. The van der Waals surface area contributed by atoms with Crippen LogP contribution in [0.15, 0.2) is 24.3 Å². The van der Waals surface area contributed by atoms with Crippen LogP contribution in [0, 0.1) is 0 Å². The molecule has 0 radical (unpaired) electrons. The van der Waals surface area contributed by atoms with E-state index in [0.29, 0.717) is 0 Å². The molecule has 0 amide bonds. The van der Waals surface area contributed by atoms with Crippen LogP contribution in [-0.4, -0.2) is 25.4 Å². The van der Waals surface area contributed by atoms with Crippen molar-refractivity contribution < 1.29 is 9.47 Å². The smallest absolute Gasteiger partial charge is 0.105 e. The Kier molecular flexibility index (Phi) is 3.14. The fraction of sp³-hybridized carbons (Fsp3) is 0.571. The van der Waals surface area contributed by atoms with Gasteiger partial charge in [-0.25, -0.2) is 0 Å². The molecule has 2 N–H and O–H groups in total. The molecule has 2 aliphatic rings. The van der Waals surface area contributed by atoms with Gasteiger partial charge in [0.05, 0.1) is 25.4 Å². The maximum Gasteiger partial charge on any atom is 0.105 e. The minimum Gasteiger partial charge on any atom is -0.376 e. The Morgan fingerprint density at radius 1 is 1.24 bits per heavy atom. The summed E-state index contributed by atoms with van der Waals surface area (Å²) in [6, 6.07) is 8.48. The molecule has 0 aromatic heterocycles. The van der Waals surface area contributed by atoms with Gasteiger partial charge >= 0.3 is 0 Å². The second-order valence-corrected chi connectivity index (χ2v) is 4.95. The van der Waals surface area contributed by atoms with Crippen molar-refractivity contribution in [1.29, 1.82) is 0 Å². The highest BCUT2D eigenvalue weighted by Gasteiger charge is 2.30. The van der Waals surface area contributed by atoms with E-state index in [2.05, 4.69) is 24.3 Å². The molecule has 0 bridgehead atoms. The van der Waals surface area contributed by atoms with Gasteiger partial charge in [0.2, 0.25) is 0 Å². The van der Waals surface area contributed by atoms with Gasteiger partial charge in [-0.2, -0.15) is 0 Å². The zero-order valence-corrected chi connectivity index (χ0v) is 9.97. The highest BCUT2D eigenvalue weighted by Crippen LogP contribution is 2.30. The van der Waals surface area contributed by atoms with Crippen LogP contribution in [0.3, 0.4) is 0 Å². The van der Waals surface area contributed by atoms with E-state index in [1.54, 1.807) is 0 Å². The summed E-state index contributed by atoms with van der Waals surface area (Å²) in [5, 5.41) is 0. The van der Waals surface area contributed by atoms with Gasteiger partial charge in [-0.15, -0.1) is 0 Å². The molecule has 0 saturated carbocycles. The molecule has 2 unspecified atom stereocenters. The van der Waals surface area contributed by atoms with Gasteiger partial charge < -0.3 is 15.2 Å². The van der Waals surface area contributed by atoms with Crippen molar-refractivity contribution in [3.63, 3.8) is 0 Å². The third-order valence-electron chi connectivity index (χ3n) is 3.72. The van der Waals surface area contributed by atoms with E-state index < -0.39 is 0 Å². The van der Waals surface area contributed by atoms with Gasteiger partial charge in [0.1, 0.15) is 6.10 Å². The topological polar surface area (TPSA) is 44.5 Å². The standard InChI is InChI=1S/C14H19NO2/c15-14-12-6-2-1-4-10(12)5-3-7-13(14)17-11-8-16-9-11/h1-2,4,6,11,13-14H,3,5,7-9,15H2. The van der Waals surface area contributed by atoms with Crippen LogP contribution in [0.5, 0.6) is 0 Å². The summed E-state index contributed by atoms with van der Waals surface area (Å²) in [5.74, 6) is 0. The Hall–Kier alpha value is -0.900. The molecule has 1 heterocycles. The number of ether oxygens (including phenoxy) is 2. The van der Waals surface area contributed by atoms with Crippen LogP contribution in [0.2, 0.25) is 0 Å². The van der Waals surface area contributed by atoms with E-state index in [1.807, 2.05) is 0 Å². The molecule has 2 atom stereocenters. The van der Waals surface area contributed by atoms with Gasteiger partial charge in [-0.05, 0) is 30.4 Å². The molecule has 3 nitrogen and oxygen atoms in total. The normalized spacial score (nSPS) is 29.2. The third-order valence-corrected chi connectivity index (χ3v) is 3.72. The summed E-state index contributed by atoms with van der Waals surface area (Å²) >= 11 is 0. The molecule has 3 rings (SSSR count). The highest BCUT2D eigenvalue weighted by molar-refractivity contribution is 5.31. The minimum absolute atomic E-state index is 0.00861. The number of aryl methyl sites for hydroxylation is 1. The van der Waals surface area contributed by atoms with Crippen LogP contribution < -0.4 is 5.73 Å². The first kappa shape index (κ1) is 11.2. The first-order chi connectivity index (χ1) is 8.34. The van der Waals surface area contributed by atoms with Crippen molar-refractivity contribution in [1.82, 2.24) is 0 Å². The molecular weight excluding hydrogens is 214 g/mol. The van der Waals surface area contributed by atoms with Crippen LogP contribution in [-0.2, 0) is 15.9 Å². The predicted molar refractivity (Wildman–Crippen MR) is 65.8 cm³/mol. The van der Waals surface area contributed by atoms with Crippen molar-refractivity contribution in [2.24, 2.45) is 5.73 Å². The summed E-state index contributed by atoms with van der Waals surface area (Å²) in [7, 11) is 0. The van der Waals surface area contributed by atoms with Gasteiger partial charge in [0.15, 0.2) is 0 Å². The van der Waals surface area contributed by atoms with E-state index in [9.17, 15) is 0 Å². The second kappa shape index (κ2) is 4.77. The maximum absolute atomic E-state index is 6.35. The molecule has 0 spiro atoms. The Balaban J connectivity index is 1.78. The zero-order valence-electron chi connectivity index (χ0n) is 9.97. The van der Waals surface area contributed by atoms with Crippen LogP contribution >= 0.6 is 0 Å². The van der Waals surface area contributed by atoms with Crippen LogP contribution in [0.25, 0.3) is 0 Å². The Morgan fingerprint density at radius 3 is 2.82 bits per heavy atom. The molecule has 92 valence electrons. The summed E-state index contributed by atoms with van der Waals surface area (Å²) < 4.78 is 11.2. The SMILES string of the molecule is NC1c2ccccc2CCCC1OC1COC1. The summed E-state index contributed by atoms with van der Waals surface area (Å²) in [4.78, 5) is 0. The Bertz CT molecular complexity index is 390. The van der Waals surface area contributed by atoms with Crippen molar-refractivity contribution in [2.75, 3.05) is 13.2 Å². The molecule has 1 saturated heterocycles. The number of hydrogen-bond acceptors (Lipinski definition) is 3. The number of hydrogen-bond donors (Lipinski definition) is 1. The lowest BCUT2D eigenvalue weighted by atomic mass is 9.98. The third kappa shape index (κ3) is 2.23. The molecule has 1 aromatic rings. The maximum atomic E-state index is 6.35. The largest absolute Gasteiger partial charge is 0.376 e. The van der Waals surface area contributed by atoms with Crippen molar-refractivity contribution in [2.45, 2.75) is 37.5 Å². The van der Waals surface area contributed by atoms with Crippen molar-refractivity contribution in [3.8, 4) is 0 Å². The van der Waals surface area contributed by atoms with E-state index >= 15 is 0 Å². The zero-order chi connectivity index (χ0) is 11.7. The minimum atomic E-state index is 0.00861. The van der Waals surface area contributed by atoms with Gasteiger partial charge in [-0.1, -0.05) is 24.3 Å². The number of benzene rings is 1. The van der Waals surface area contributed by atoms with E-state index in [4.69, 9.17) is 15.2 Å². The van der Waals surface area contributed by atoms with Gasteiger partial charge in [-0.3, -0.25) is 0 Å². The van der Waals surface area contributed by atoms with Crippen molar-refractivity contribution >= 4 is 0 Å². The quantitative estimate of drug-likeness (QED) is 0.792. The molecule has 1 fully saturated rings. The molecule has 1 aliphatic heterocycles. The molecule has 17 heavy (non-hydrogen) atoms. The molecule has 1 aliphatic carbocycles. The monoisotopic (exact) mass is 233 g/mol. The summed E-state index contributed by atoms with van der Waals surface area (Å²) in [6.07, 6.45) is 3.73. The van der Waals surface area contributed by atoms with E-state index in [-0.39, 0.29) is 18.2 Å². The van der Waals surface area contributed by atoms with E-state index in [1.165, 1.54) is 11.1 Å². The second-order valence-electron chi connectivity index (χ2n) is 4.95. The fourth-order valence-corrected chi connectivity index (χ4v) is 2.65. The van der Waals surface area contributed by atoms with Gasteiger partial charge in [0.25, 0.3) is 0 Å². The average Bonchev–Trinajstić information content (AvgIpc) is 2.45. The summed E-state index contributed by atoms with van der Waals surface area (Å²) in [5.41, 5.74) is 9.00.